The highest BCUT2D eigenvalue weighted by Gasteiger charge is 2.56. The second-order valence-electron chi connectivity index (χ2n) is 6.88. The van der Waals surface area contributed by atoms with Crippen LogP contribution in [-0.2, 0) is 4.74 Å². The van der Waals surface area contributed by atoms with Gasteiger partial charge in [0.05, 0.1) is 22.7 Å². The molecule has 1 saturated carbocycles. The lowest BCUT2D eigenvalue weighted by atomic mass is 10.2. The molecular weight excluding hydrogens is 391 g/mol. The Kier molecular flexibility index (Phi) is 4.52. The molecule has 142 valence electrons. The molecule has 27 heavy (non-hydrogen) atoms. The Morgan fingerprint density at radius 2 is 1.96 bits per heavy atom. The van der Waals surface area contributed by atoms with E-state index in [1.165, 1.54) is 13.3 Å². The fraction of sp³-hybridized carbons (Fsp3) is 0.389. The van der Waals surface area contributed by atoms with Gasteiger partial charge in [-0.2, -0.15) is 0 Å². The lowest BCUT2D eigenvalue weighted by Gasteiger charge is -2.21. The van der Waals surface area contributed by atoms with Crippen LogP contribution in [0, 0.1) is 18.8 Å². The summed E-state index contributed by atoms with van der Waals surface area (Å²) in [6.07, 6.45) is 1.52. The number of carbonyl (C=O) groups excluding carboxylic acids is 2. The minimum Gasteiger partial charge on any atom is -0.465 e. The van der Waals surface area contributed by atoms with E-state index in [0.717, 1.165) is 18.9 Å². The third kappa shape index (κ3) is 3.15. The molecule has 0 aromatic carbocycles. The summed E-state index contributed by atoms with van der Waals surface area (Å²) in [7, 11) is 1.34. The van der Waals surface area contributed by atoms with Gasteiger partial charge in [0, 0.05) is 42.9 Å². The Hall–Kier alpha value is -2.25. The van der Waals surface area contributed by atoms with Crippen LogP contribution >= 0.6 is 23.2 Å². The van der Waals surface area contributed by atoms with Crippen LogP contribution in [0.15, 0.2) is 18.3 Å². The second kappa shape index (κ2) is 6.73. The van der Waals surface area contributed by atoms with E-state index in [4.69, 9.17) is 23.2 Å². The summed E-state index contributed by atoms with van der Waals surface area (Å²) in [5.74, 6) is 0.929. The summed E-state index contributed by atoms with van der Waals surface area (Å²) in [6.45, 7) is 3.38. The molecule has 0 bridgehead atoms. The van der Waals surface area contributed by atoms with Gasteiger partial charge >= 0.3 is 5.97 Å². The van der Waals surface area contributed by atoms with Crippen LogP contribution in [0.3, 0.4) is 0 Å². The third-order valence-corrected chi connectivity index (χ3v) is 6.21. The smallest absolute Gasteiger partial charge is 0.339 e. The minimum atomic E-state index is -0.403. The van der Waals surface area contributed by atoms with E-state index in [1.54, 1.807) is 13.0 Å². The van der Waals surface area contributed by atoms with Gasteiger partial charge in [0.15, 0.2) is 0 Å². The number of hydrogen-bond acceptors (Lipinski definition) is 5. The molecule has 2 aromatic heterocycles. The summed E-state index contributed by atoms with van der Waals surface area (Å²) in [5.41, 5.74) is 1.41. The van der Waals surface area contributed by atoms with Gasteiger partial charge in [0.1, 0.15) is 11.5 Å². The molecule has 0 spiro atoms. The number of aromatic amines is 1. The van der Waals surface area contributed by atoms with Crippen LogP contribution < -0.4 is 10.2 Å². The van der Waals surface area contributed by atoms with Gasteiger partial charge in [-0.25, -0.2) is 9.78 Å². The number of esters is 1. The van der Waals surface area contributed by atoms with Gasteiger partial charge in [-0.15, -0.1) is 0 Å². The molecule has 1 aliphatic heterocycles. The number of H-pyrrole nitrogens is 1. The maximum atomic E-state index is 12.4. The van der Waals surface area contributed by atoms with E-state index >= 15 is 0 Å². The monoisotopic (exact) mass is 408 g/mol. The molecule has 1 saturated heterocycles. The number of piperidine rings is 1. The number of fused-ring (bicyclic) bond motifs is 1. The minimum absolute atomic E-state index is 0.126. The van der Waals surface area contributed by atoms with Crippen LogP contribution in [0.1, 0.15) is 26.5 Å². The number of nitrogens with one attached hydrogen (secondary N) is 2. The van der Waals surface area contributed by atoms with E-state index < -0.39 is 5.97 Å². The molecule has 0 radical (unpaired) electrons. The number of ether oxygens (including phenoxy) is 1. The number of rotatable bonds is 4. The summed E-state index contributed by atoms with van der Waals surface area (Å²) in [4.78, 5) is 33.3. The zero-order valence-electron chi connectivity index (χ0n) is 14.8. The van der Waals surface area contributed by atoms with Crippen molar-refractivity contribution in [2.45, 2.75) is 13.0 Å². The summed E-state index contributed by atoms with van der Waals surface area (Å²) < 4.78 is 4.68. The molecule has 2 fully saturated rings. The highest BCUT2D eigenvalue weighted by Crippen LogP contribution is 2.46. The lowest BCUT2D eigenvalue weighted by Crippen LogP contribution is -2.35. The van der Waals surface area contributed by atoms with Crippen LogP contribution in [0.5, 0.6) is 0 Å². The van der Waals surface area contributed by atoms with Crippen molar-refractivity contribution in [2.75, 3.05) is 25.1 Å². The Labute approximate surface area is 166 Å². The summed E-state index contributed by atoms with van der Waals surface area (Å²) in [5, 5.41) is 3.67. The van der Waals surface area contributed by atoms with Crippen molar-refractivity contribution in [3.05, 3.63) is 45.3 Å². The molecule has 2 N–H and O–H groups in total. The Bertz CT molecular complexity index is 900. The van der Waals surface area contributed by atoms with Crippen molar-refractivity contribution < 1.29 is 14.3 Å². The van der Waals surface area contributed by atoms with Crippen LogP contribution in [0.2, 0.25) is 10.0 Å². The molecule has 7 nitrogen and oxygen atoms in total. The Morgan fingerprint density at radius 1 is 1.26 bits per heavy atom. The first-order chi connectivity index (χ1) is 12.9. The molecule has 1 aliphatic carbocycles. The first-order valence-electron chi connectivity index (χ1n) is 8.54. The fourth-order valence-electron chi connectivity index (χ4n) is 3.69. The van der Waals surface area contributed by atoms with Crippen LogP contribution in [0.4, 0.5) is 5.82 Å². The predicted octanol–water partition coefficient (Wildman–Crippen LogP) is 2.68. The Morgan fingerprint density at radius 3 is 2.48 bits per heavy atom. The highest BCUT2D eigenvalue weighted by molar-refractivity contribution is 6.44. The number of aromatic nitrogens is 2. The third-order valence-electron chi connectivity index (χ3n) is 5.27. The number of amides is 1. The van der Waals surface area contributed by atoms with Gasteiger partial charge in [-0.05, 0) is 19.1 Å². The molecule has 9 heteroatoms. The molecule has 2 aromatic rings. The number of hydrogen-bond donors (Lipinski definition) is 2. The average molecular weight is 409 g/mol. The van der Waals surface area contributed by atoms with Crippen molar-refractivity contribution >= 4 is 40.9 Å². The summed E-state index contributed by atoms with van der Waals surface area (Å²) in [6, 6.07) is 3.65. The van der Waals surface area contributed by atoms with E-state index in [0.29, 0.717) is 33.8 Å². The number of anilines is 1. The predicted molar refractivity (Wildman–Crippen MR) is 102 cm³/mol. The molecule has 3 heterocycles. The molecule has 4 rings (SSSR count). The molecular formula is C18H18Cl2N4O3. The van der Waals surface area contributed by atoms with Gasteiger partial charge in [-0.1, -0.05) is 23.2 Å². The SMILES string of the molecule is COC(=O)c1ccc(N2C[C@@H]3[C@H](C2)[C@H]3NC(=O)c2[nH]c(C)c(Cl)c2Cl)nc1. The van der Waals surface area contributed by atoms with Crippen molar-refractivity contribution in [3.8, 4) is 0 Å². The lowest BCUT2D eigenvalue weighted by molar-refractivity contribution is 0.0600. The van der Waals surface area contributed by atoms with Crippen molar-refractivity contribution in [1.29, 1.82) is 0 Å². The van der Waals surface area contributed by atoms with Crippen molar-refractivity contribution in [1.82, 2.24) is 15.3 Å². The first-order valence-corrected chi connectivity index (χ1v) is 9.30. The molecule has 0 unspecified atom stereocenters. The maximum Gasteiger partial charge on any atom is 0.339 e. The second-order valence-corrected chi connectivity index (χ2v) is 7.64. The van der Waals surface area contributed by atoms with E-state index in [-0.39, 0.29) is 17.0 Å². The zero-order valence-corrected chi connectivity index (χ0v) is 16.3. The standard InChI is InChI=1S/C18H18Cl2N4O3/c1-8-13(19)14(20)16(22-8)17(25)23-15-10-6-24(7-11(10)15)12-4-3-9(5-21-12)18(26)27-2/h3-5,10-11,15,22H,6-7H2,1-2H3,(H,23,25)/t10-,11+,15+. The van der Waals surface area contributed by atoms with E-state index in [2.05, 4.69) is 24.9 Å². The first kappa shape index (κ1) is 18.1. The zero-order chi connectivity index (χ0) is 19.3. The normalized spacial score (nSPS) is 23.1. The van der Waals surface area contributed by atoms with Crippen molar-refractivity contribution in [3.63, 3.8) is 0 Å². The number of methoxy groups -OCH3 is 1. The van der Waals surface area contributed by atoms with Crippen LogP contribution in [-0.4, -0.2) is 48.1 Å². The summed E-state index contributed by atoms with van der Waals surface area (Å²) >= 11 is 12.1. The van der Waals surface area contributed by atoms with E-state index in [1.807, 2.05) is 6.07 Å². The van der Waals surface area contributed by atoms with Gasteiger partial charge in [0.25, 0.3) is 5.91 Å². The number of aryl methyl sites for hydroxylation is 1. The average Bonchev–Trinajstić information content (AvgIpc) is 3.01. The van der Waals surface area contributed by atoms with Crippen LogP contribution in [0.25, 0.3) is 0 Å². The number of carbonyl (C=O) groups is 2. The van der Waals surface area contributed by atoms with Gasteiger partial charge < -0.3 is 19.9 Å². The van der Waals surface area contributed by atoms with Crippen molar-refractivity contribution in [2.24, 2.45) is 11.8 Å². The molecule has 1 amide bonds. The Balaban J connectivity index is 1.35. The number of pyridine rings is 1. The highest BCUT2D eigenvalue weighted by atomic mass is 35.5. The fourth-order valence-corrected chi connectivity index (χ4v) is 4.11. The molecule has 2 aliphatic rings. The maximum absolute atomic E-state index is 12.4. The topological polar surface area (TPSA) is 87.3 Å². The number of halogens is 2. The largest absolute Gasteiger partial charge is 0.465 e. The van der Waals surface area contributed by atoms with Gasteiger partial charge in [0.2, 0.25) is 0 Å². The number of nitrogens with zero attached hydrogens (tertiary/aromatic N) is 2. The van der Waals surface area contributed by atoms with E-state index in [9.17, 15) is 9.59 Å². The molecule has 3 atom stereocenters. The quantitative estimate of drug-likeness (QED) is 0.759. The van der Waals surface area contributed by atoms with Gasteiger partial charge in [-0.3, -0.25) is 4.79 Å².